The summed E-state index contributed by atoms with van der Waals surface area (Å²) in [6.45, 7) is 3.29. The second kappa shape index (κ2) is 7.21. The number of nitrogens with one attached hydrogen (secondary N) is 2. The molecule has 0 aliphatic heterocycles. The first-order valence-electron chi connectivity index (χ1n) is 6.27. The van der Waals surface area contributed by atoms with Crippen molar-refractivity contribution in [1.82, 2.24) is 15.3 Å². The van der Waals surface area contributed by atoms with Crippen molar-refractivity contribution >= 4 is 34.7 Å². The van der Waals surface area contributed by atoms with E-state index >= 15 is 0 Å². The third-order valence-corrected chi connectivity index (χ3v) is 3.71. The van der Waals surface area contributed by atoms with Crippen molar-refractivity contribution in [2.45, 2.75) is 19.9 Å². The summed E-state index contributed by atoms with van der Waals surface area (Å²) in [4.78, 5) is 21.2. The van der Waals surface area contributed by atoms with Crippen molar-refractivity contribution < 1.29 is 4.79 Å². The Hall–Kier alpha value is -1.66. The summed E-state index contributed by atoms with van der Waals surface area (Å²) < 4.78 is 0.708. The lowest BCUT2D eigenvalue weighted by molar-refractivity contribution is 0.0946. The van der Waals surface area contributed by atoms with E-state index in [1.807, 2.05) is 12.1 Å². The van der Waals surface area contributed by atoms with Crippen LogP contribution in [0.25, 0.3) is 0 Å². The maximum Gasteiger partial charge on any atom is 0.271 e. The molecule has 106 valence electrons. The second-order valence-corrected chi connectivity index (χ2v) is 5.90. The van der Waals surface area contributed by atoms with Gasteiger partial charge in [-0.25, -0.2) is 4.98 Å². The van der Waals surface area contributed by atoms with Crippen LogP contribution < -0.4 is 10.6 Å². The summed E-state index contributed by atoms with van der Waals surface area (Å²) in [5, 5.41) is 5.89. The zero-order valence-electron chi connectivity index (χ0n) is 11.0. The Bertz CT molecular complexity index is 587. The van der Waals surface area contributed by atoms with Gasteiger partial charge >= 0.3 is 0 Å². The molecule has 0 fully saturated rings. The summed E-state index contributed by atoms with van der Waals surface area (Å²) in [6.07, 6.45) is 4.04. The lowest BCUT2D eigenvalue weighted by Gasteiger charge is -2.06. The molecule has 0 spiro atoms. The predicted molar refractivity (Wildman–Crippen MR) is 81.3 cm³/mol. The summed E-state index contributed by atoms with van der Waals surface area (Å²) in [5.74, 6) is 0.362. The first kappa shape index (κ1) is 14.7. The largest absolute Gasteiger partial charge is 0.369 e. The second-order valence-electron chi connectivity index (χ2n) is 4.10. The number of carbonyl (C=O) groups is 1. The molecule has 7 heteroatoms. The van der Waals surface area contributed by atoms with E-state index in [9.17, 15) is 4.79 Å². The van der Waals surface area contributed by atoms with Gasteiger partial charge in [-0.2, -0.15) is 0 Å². The van der Waals surface area contributed by atoms with Gasteiger partial charge in [-0.1, -0.05) is 18.5 Å². The van der Waals surface area contributed by atoms with Crippen LogP contribution in [-0.4, -0.2) is 22.4 Å². The zero-order valence-corrected chi connectivity index (χ0v) is 12.6. The van der Waals surface area contributed by atoms with Crippen LogP contribution in [0.2, 0.25) is 4.34 Å². The van der Waals surface area contributed by atoms with Crippen LogP contribution >= 0.6 is 22.9 Å². The number of thiophene rings is 1. The summed E-state index contributed by atoms with van der Waals surface area (Å²) in [5.41, 5.74) is 0.300. The fourth-order valence-electron chi connectivity index (χ4n) is 1.52. The average Bonchev–Trinajstić information content (AvgIpc) is 2.88. The molecule has 0 saturated heterocycles. The Morgan fingerprint density at radius 1 is 1.40 bits per heavy atom. The number of carbonyl (C=O) groups excluding carboxylic acids is 1. The minimum Gasteiger partial charge on any atom is -0.369 e. The summed E-state index contributed by atoms with van der Waals surface area (Å²) in [7, 11) is 0. The van der Waals surface area contributed by atoms with Gasteiger partial charge in [0, 0.05) is 11.4 Å². The lowest BCUT2D eigenvalue weighted by atomic mass is 10.4. The van der Waals surface area contributed by atoms with Crippen molar-refractivity contribution in [1.29, 1.82) is 0 Å². The number of nitrogens with zero attached hydrogens (tertiary/aromatic N) is 2. The molecule has 2 aromatic heterocycles. The monoisotopic (exact) mass is 310 g/mol. The molecule has 0 radical (unpaired) electrons. The molecule has 0 bridgehead atoms. The van der Waals surface area contributed by atoms with Gasteiger partial charge < -0.3 is 10.6 Å². The van der Waals surface area contributed by atoms with E-state index < -0.39 is 0 Å². The van der Waals surface area contributed by atoms with Gasteiger partial charge in [0.25, 0.3) is 5.91 Å². The number of hydrogen-bond acceptors (Lipinski definition) is 5. The van der Waals surface area contributed by atoms with E-state index in [-0.39, 0.29) is 5.91 Å². The number of halogens is 1. The molecular weight excluding hydrogens is 296 g/mol. The van der Waals surface area contributed by atoms with E-state index in [2.05, 4.69) is 27.5 Å². The van der Waals surface area contributed by atoms with Gasteiger partial charge in [-0.15, -0.1) is 11.3 Å². The van der Waals surface area contributed by atoms with Gasteiger partial charge in [0.1, 0.15) is 11.5 Å². The van der Waals surface area contributed by atoms with E-state index in [0.717, 1.165) is 17.8 Å². The number of rotatable bonds is 6. The normalized spacial score (nSPS) is 10.3. The van der Waals surface area contributed by atoms with E-state index in [1.54, 1.807) is 6.20 Å². The van der Waals surface area contributed by atoms with Gasteiger partial charge in [-0.3, -0.25) is 9.78 Å². The Balaban J connectivity index is 1.94. The number of aromatic nitrogens is 2. The molecule has 20 heavy (non-hydrogen) atoms. The van der Waals surface area contributed by atoms with Crippen LogP contribution in [-0.2, 0) is 6.54 Å². The van der Waals surface area contributed by atoms with Gasteiger partial charge in [0.05, 0.1) is 23.3 Å². The molecule has 0 aliphatic carbocycles. The molecule has 2 N–H and O–H groups in total. The molecule has 2 aromatic rings. The highest BCUT2D eigenvalue weighted by molar-refractivity contribution is 7.16. The third kappa shape index (κ3) is 4.18. The van der Waals surface area contributed by atoms with Crippen LogP contribution in [0.3, 0.4) is 0 Å². The number of hydrogen-bond donors (Lipinski definition) is 2. The molecule has 0 saturated carbocycles. The molecule has 2 heterocycles. The van der Waals surface area contributed by atoms with Crippen molar-refractivity contribution in [3.05, 3.63) is 39.4 Å². The number of anilines is 1. The minimum absolute atomic E-state index is 0.248. The Morgan fingerprint density at radius 3 is 2.95 bits per heavy atom. The highest BCUT2D eigenvalue weighted by Gasteiger charge is 2.09. The fourth-order valence-corrected chi connectivity index (χ4v) is 2.55. The van der Waals surface area contributed by atoms with E-state index in [0.29, 0.717) is 22.4 Å². The van der Waals surface area contributed by atoms with Crippen LogP contribution in [0.1, 0.15) is 28.7 Å². The molecule has 0 aliphatic rings. The maximum absolute atomic E-state index is 12.0. The van der Waals surface area contributed by atoms with Crippen LogP contribution in [0, 0.1) is 0 Å². The minimum atomic E-state index is -0.248. The van der Waals surface area contributed by atoms with Crippen molar-refractivity contribution in [3.63, 3.8) is 0 Å². The van der Waals surface area contributed by atoms with Crippen LogP contribution in [0.4, 0.5) is 5.82 Å². The fraction of sp³-hybridized carbons (Fsp3) is 0.308. The summed E-state index contributed by atoms with van der Waals surface area (Å²) in [6, 6.07) is 3.70. The highest BCUT2D eigenvalue weighted by Crippen LogP contribution is 2.21. The topological polar surface area (TPSA) is 66.9 Å². The zero-order chi connectivity index (χ0) is 14.4. The molecule has 2 rings (SSSR count). The van der Waals surface area contributed by atoms with Gasteiger partial charge in [0.2, 0.25) is 0 Å². The number of amides is 1. The molecule has 0 aromatic carbocycles. The predicted octanol–water partition coefficient (Wildman–Crippen LogP) is 2.94. The lowest BCUT2D eigenvalue weighted by Crippen LogP contribution is -2.24. The summed E-state index contributed by atoms with van der Waals surface area (Å²) >= 11 is 7.28. The molecule has 1 amide bonds. The molecule has 0 unspecified atom stereocenters. The van der Waals surface area contributed by atoms with Crippen molar-refractivity contribution in [2.24, 2.45) is 0 Å². The van der Waals surface area contributed by atoms with E-state index in [1.165, 1.54) is 17.5 Å². The van der Waals surface area contributed by atoms with Gasteiger partial charge in [0.15, 0.2) is 0 Å². The molecular formula is C13H15ClN4OS. The Morgan fingerprint density at radius 2 is 2.25 bits per heavy atom. The standard InChI is InChI=1S/C13H15ClN4OS/c1-2-5-16-12-8-15-7-10(18-12)13(19)17-6-9-3-4-11(14)20-9/h3-4,7-8H,2,5-6H2,1H3,(H,16,18)(H,17,19). The van der Waals surface area contributed by atoms with Crippen LogP contribution in [0.15, 0.2) is 24.5 Å². The van der Waals surface area contributed by atoms with Crippen molar-refractivity contribution in [2.75, 3.05) is 11.9 Å². The SMILES string of the molecule is CCCNc1cncc(C(=O)NCc2ccc(Cl)s2)n1. The Labute approximate surface area is 126 Å². The van der Waals surface area contributed by atoms with Crippen LogP contribution in [0.5, 0.6) is 0 Å². The highest BCUT2D eigenvalue weighted by atomic mass is 35.5. The van der Waals surface area contributed by atoms with E-state index in [4.69, 9.17) is 11.6 Å². The molecule has 5 nitrogen and oxygen atoms in total. The first-order valence-corrected chi connectivity index (χ1v) is 7.47. The first-order chi connectivity index (χ1) is 9.69. The quantitative estimate of drug-likeness (QED) is 0.861. The maximum atomic E-state index is 12.0. The molecule has 0 atom stereocenters. The van der Waals surface area contributed by atoms with Crippen molar-refractivity contribution in [3.8, 4) is 0 Å². The third-order valence-electron chi connectivity index (χ3n) is 2.48. The Kier molecular flexibility index (Phi) is 5.31. The smallest absolute Gasteiger partial charge is 0.271 e. The van der Waals surface area contributed by atoms with Gasteiger partial charge in [-0.05, 0) is 18.6 Å². The average molecular weight is 311 g/mol.